The molecule has 0 unspecified atom stereocenters. The van der Waals surface area contributed by atoms with Crippen molar-refractivity contribution in [1.82, 2.24) is 15.5 Å². The molecule has 5 nitrogen and oxygen atoms in total. The summed E-state index contributed by atoms with van der Waals surface area (Å²) in [5, 5.41) is 9.19. The van der Waals surface area contributed by atoms with E-state index in [0.717, 1.165) is 18.5 Å². The van der Waals surface area contributed by atoms with E-state index in [1.165, 1.54) is 0 Å². The molecule has 13 heavy (non-hydrogen) atoms. The molecular formula is C8H12N4O. The van der Waals surface area contributed by atoms with Crippen LogP contribution in [0.4, 0.5) is 5.69 Å². The van der Waals surface area contributed by atoms with Crippen molar-refractivity contribution < 1.29 is 4.79 Å². The molecule has 0 aromatic carbocycles. The number of nitrogen functional groups attached to an aromatic ring is 1. The number of aromatic amines is 1. The SMILES string of the molecule is CNC(=O)c1n[nH]c(C2CC2)c1N. The van der Waals surface area contributed by atoms with Crippen molar-refractivity contribution in [2.75, 3.05) is 12.8 Å². The molecule has 0 saturated heterocycles. The van der Waals surface area contributed by atoms with Crippen molar-refractivity contribution in [3.8, 4) is 0 Å². The lowest BCUT2D eigenvalue weighted by atomic mass is 10.2. The molecule has 1 amide bonds. The zero-order valence-electron chi connectivity index (χ0n) is 7.42. The molecule has 0 aliphatic heterocycles. The summed E-state index contributed by atoms with van der Waals surface area (Å²) in [5.74, 6) is 0.256. The Balaban J connectivity index is 2.32. The van der Waals surface area contributed by atoms with Gasteiger partial charge in [0.05, 0.1) is 11.4 Å². The molecule has 0 spiro atoms. The van der Waals surface area contributed by atoms with Crippen LogP contribution in [0.25, 0.3) is 0 Å². The van der Waals surface area contributed by atoms with Gasteiger partial charge in [0.2, 0.25) is 0 Å². The number of carbonyl (C=O) groups excluding carboxylic acids is 1. The van der Waals surface area contributed by atoms with Gasteiger partial charge >= 0.3 is 0 Å². The van der Waals surface area contributed by atoms with Crippen LogP contribution in [-0.2, 0) is 0 Å². The highest BCUT2D eigenvalue weighted by atomic mass is 16.1. The number of aromatic nitrogens is 2. The molecule has 70 valence electrons. The number of hydrogen-bond donors (Lipinski definition) is 3. The number of hydrogen-bond acceptors (Lipinski definition) is 3. The average molecular weight is 180 g/mol. The zero-order chi connectivity index (χ0) is 9.42. The molecular weight excluding hydrogens is 168 g/mol. The van der Waals surface area contributed by atoms with E-state index >= 15 is 0 Å². The van der Waals surface area contributed by atoms with Crippen molar-refractivity contribution in [3.05, 3.63) is 11.4 Å². The van der Waals surface area contributed by atoms with Crippen LogP contribution in [0.1, 0.15) is 34.9 Å². The number of carbonyl (C=O) groups is 1. The third kappa shape index (κ3) is 1.26. The van der Waals surface area contributed by atoms with Crippen LogP contribution in [-0.4, -0.2) is 23.2 Å². The summed E-state index contributed by atoms with van der Waals surface area (Å²) in [4.78, 5) is 11.2. The molecule has 1 aliphatic rings. The van der Waals surface area contributed by atoms with Crippen molar-refractivity contribution in [1.29, 1.82) is 0 Å². The fraction of sp³-hybridized carbons (Fsp3) is 0.500. The summed E-state index contributed by atoms with van der Waals surface area (Å²) in [7, 11) is 1.56. The van der Waals surface area contributed by atoms with Crippen molar-refractivity contribution in [2.45, 2.75) is 18.8 Å². The second kappa shape index (κ2) is 2.76. The van der Waals surface area contributed by atoms with E-state index in [4.69, 9.17) is 5.73 Å². The van der Waals surface area contributed by atoms with Crippen LogP contribution in [0.2, 0.25) is 0 Å². The molecule has 1 aromatic heterocycles. The number of amides is 1. The highest BCUT2D eigenvalue weighted by Gasteiger charge is 2.29. The lowest BCUT2D eigenvalue weighted by Crippen LogP contribution is -2.19. The van der Waals surface area contributed by atoms with Gasteiger partial charge in [-0.2, -0.15) is 5.10 Å². The van der Waals surface area contributed by atoms with Crippen molar-refractivity contribution in [3.63, 3.8) is 0 Å². The Hall–Kier alpha value is -1.52. The van der Waals surface area contributed by atoms with E-state index < -0.39 is 0 Å². The second-order valence-corrected chi connectivity index (χ2v) is 3.25. The number of nitrogens with zero attached hydrogens (tertiary/aromatic N) is 1. The number of H-pyrrole nitrogens is 1. The summed E-state index contributed by atoms with van der Waals surface area (Å²) in [5.41, 5.74) is 7.49. The maximum atomic E-state index is 11.2. The van der Waals surface area contributed by atoms with Crippen LogP contribution in [0.5, 0.6) is 0 Å². The van der Waals surface area contributed by atoms with Crippen molar-refractivity contribution in [2.24, 2.45) is 0 Å². The third-order valence-electron chi connectivity index (χ3n) is 2.26. The third-order valence-corrected chi connectivity index (χ3v) is 2.26. The van der Waals surface area contributed by atoms with Crippen LogP contribution >= 0.6 is 0 Å². The van der Waals surface area contributed by atoms with Crippen LogP contribution in [0.3, 0.4) is 0 Å². The molecule has 1 saturated carbocycles. The number of anilines is 1. The molecule has 5 heteroatoms. The van der Waals surface area contributed by atoms with E-state index in [1.807, 2.05) is 0 Å². The number of nitrogens with two attached hydrogens (primary N) is 1. The first-order chi connectivity index (χ1) is 6.24. The molecule has 1 heterocycles. The van der Waals surface area contributed by atoms with Gasteiger partial charge in [0.25, 0.3) is 5.91 Å². The summed E-state index contributed by atoms with van der Waals surface area (Å²) < 4.78 is 0. The molecule has 2 rings (SSSR count). The Bertz CT molecular complexity index is 340. The van der Waals surface area contributed by atoms with Crippen LogP contribution < -0.4 is 11.1 Å². The molecule has 1 fully saturated rings. The minimum Gasteiger partial charge on any atom is -0.395 e. The Kier molecular flexibility index (Phi) is 1.72. The normalized spacial score (nSPS) is 15.8. The first-order valence-electron chi connectivity index (χ1n) is 4.30. The molecule has 1 aromatic rings. The maximum Gasteiger partial charge on any atom is 0.273 e. The summed E-state index contributed by atoms with van der Waals surface area (Å²) in [6.45, 7) is 0. The van der Waals surface area contributed by atoms with Gasteiger partial charge in [0.15, 0.2) is 5.69 Å². The van der Waals surface area contributed by atoms with Gasteiger partial charge in [-0.25, -0.2) is 0 Å². The van der Waals surface area contributed by atoms with Crippen LogP contribution in [0, 0.1) is 0 Å². The number of rotatable bonds is 2. The first-order valence-corrected chi connectivity index (χ1v) is 4.30. The summed E-state index contributed by atoms with van der Waals surface area (Å²) in [6, 6.07) is 0. The van der Waals surface area contributed by atoms with E-state index in [9.17, 15) is 4.79 Å². The summed E-state index contributed by atoms with van der Waals surface area (Å²) in [6.07, 6.45) is 2.28. The first kappa shape index (κ1) is 8.10. The average Bonchev–Trinajstić information content (AvgIpc) is 2.90. The Morgan fingerprint density at radius 1 is 1.69 bits per heavy atom. The minimum absolute atomic E-state index is 0.236. The number of nitrogens with one attached hydrogen (secondary N) is 2. The Morgan fingerprint density at radius 3 is 2.92 bits per heavy atom. The van der Waals surface area contributed by atoms with Gasteiger partial charge in [0, 0.05) is 13.0 Å². The van der Waals surface area contributed by atoms with E-state index in [1.54, 1.807) is 7.05 Å². The smallest absolute Gasteiger partial charge is 0.273 e. The molecule has 0 atom stereocenters. The van der Waals surface area contributed by atoms with Gasteiger partial charge in [-0.3, -0.25) is 9.89 Å². The fourth-order valence-electron chi connectivity index (χ4n) is 1.34. The van der Waals surface area contributed by atoms with Gasteiger partial charge in [-0.15, -0.1) is 0 Å². The fourth-order valence-corrected chi connectivity index (χ4v) is 1.34. The van der Waals surface area contributed by atoms with E-state index in [2.05, 4.69) is 15.5 Å². The van der Waals surface area contributed by atoms with Crippen molar-refractivity contribution >= 4 is 11.6 Å². The standard InChI is InChI=1S/C8H12N4O/c1-10-8(13)7-5(9)6(11-12-7)4-2-3-4/h4H,2-3,9H2,1H3,(H,10,13)(H,11,12). The minimum atomic E-state index is -0.236. The maximum absolute atomic E-state index is 11.2. The Labute approximate surface area is 75.7 Å². The monoisotopic (exact) mass is 180 g/mol. The molecule has 0 radical (unpaired) electrons. The van der Waals surface area contributed by atoms with Gasteiger partial charge in [0.1, 0.15) is 0 Å². The van der Waals surface area contributed by atoms with E-state index in [0.29, 0.717) is 17.3 Å². The predicted molar refractivity (Wildman–Crippen MR) is 48.4 cm³/mol. The zero-order valence-corrected chi connectivity index (χ0v) is 7.42. The highest BCUT2D eigenvalue weighted by molar-refractivity contribution is 5.97. The Morgan fingerprint density at radius 2 is 2.38 bits per heavy atom. The predicted octanol–water partition coefficient (Wildman–Crippen LogP) is 0.229. The lowest BCUT2D eigenvalue weighted by Gasteiger charge is -1.96. The molecule has 4 N–H and O–H groups in total. The van der Waals surface area contributed by atoms with Gasteiger partial charge in [-0.05, 0) is 12.8 Å². The highest BCUT2D eigenvalue weighted by Crippen LogP contribution is 2.42. The van der Waals surface area contributed by atoms with Crippen LogP contribution in [0.15, 0.2) is 0 Å². The lowest BCUT2D eigenvalue weighted by molar-refractivity contribution is 0.0959. The molecule has 1 aliphatic carbocycles. The quantitative estimate of drug-likeness (QED) is 0.609. The largest absolute Gasteiger partial charge is 0.395 e. The van der Waals surface area contributed by atoms with Gasteiger partial charge < -0.3 is 11.1 Å². The van der Waals surface area contributed by atoms with E-state index in [-0.39, 0.29) is 5.91 Å². The second-order valence-electron chi connectivity index (χ2n) is 3.25. The molecule has 0 bridgehead atoms. The topological polar surface area (TPSA) is 83.8 Å². The summed E-state index contributed by atoms with van der Waals surface area (Å²) >= 11 is 0. The van der Waals surface area contributed by atoms with Gasteiger partial charge in [-0.1, -0.05) is 0 Å².